The van der Waals surface area contributed by atoms with Crippen molar-refractivity contribution >= 4 is 5.91 Å². The van der Waals surface area contributed by atoms with Crippen LogP contribution < -0.4 is 10.6 Å². The maximum Gasteiger partial charge on any atom is 0.393 e. The molecular formula is C14H26F3N3O. The van der Waals surface area contributed by atoms with Crippen molar-refractivity contribution in [1.29, 1.82) is 0 Å². The fraction of sp³-hybridized carbons (Fsp3) is 0.929. The molecule has 124 valence electrons. The molecule has 1 rings (SSSR count). The molecule has 0 saturated carbocycles. The molecule has 3 atom stereocenters. The van der Waals surface area contributed by atoms with Crippen LogP contribution >= 0.6 is 0 Å². The molecule has 0 radical (unpaired) electrons. The number of nitrogens with zero attached hydrogens (tertiary/aromatic N) is 1. The molecule has 1 saturated heterocycles. The summed E-state index contributed by atoms with van der Waals surface area (Å²) < 4.78 is 37.7. The van der Waals surface area contributed by atoms with E-state index in [9.17, 15) is 18.0 Å². The Bertz CT molecular complexity index is 324. The molecule has 3 unspecified atom stereocenters. The standard InChI is InChI=1S/C14H26F3N3O/c1-4-20(5-2)9-10(3)19-13(21)12-7-6-11(8-18-12)14(15,16)17/h10-12,18H,4-9H2,1-3H3,(H,19,21). The van der Waals surface area contributed by atoms with Crippen molar-refractivity contribution in [2.75, 3.05) is 26.2 Å². The summed E-state index contributed by atoms with van der Waals surface area (Å²) in [4.78, 5) is 14.2. The van der Waals surface area contributed by atoms with Crippen LogP contribution in [0.4, 0.5) is 13.2 Å². The highest BCUT2D eigenvalue weighted by Crippen LogP contribution is 2.31. The molecule has 1 heterocycles. The lowest BCUT2D eigenvalue weighted by molar-refractivity contribution is -0.180. The smallest absolute Gasteiger partial charge is 0.351 e. The summed E-state index contributed by atoms with van der Waals surface area (Å²) in [7, 11) is 0. The average molecular weight is 309 g/mol. The average Bonchev–Trinajstić information content (AvgIpc) is 2.43. The summed E-state index contributed by atoms with van der Waals surface area (Å²) in [5.41, 5.74) is 0. The molecule has 0 aliphatic carbocycles. The quantitative estimate of drug-likeness (QED) is 0.786. The highest BCUT2D eigenvalue weighted by atomic mass is 19.4. The van der Waals surface area contributed by atoms with Gasteiger partial charge in [-0.05, 0) is 32.9 Å². The minimum atomic E-state index is -4.18. The lowest BCUT2D eigenvalue weighted by atomic mass is 9.94. The van der Waals surface area contributed by atoms with Crippen molar-refractivity contribution < 1.29 is 18.0 Å². The van der Waals surface area contributed by atoms with Gasteiger partial charge in [-0.2, -0.15) is 13.2 Å². The van der Waals surface area contributed by atoms with Gasteiger partial charge in [-0.25, -0.2) is 0 Å². The Morgan fingerprint density at radius 1 is 1.33 bits per heavy atom. The van der Waals surface area contributed by atoms with Crippen LogP contribution in [-0.4, -0.2) is 55.2 Å². The number of rotatable bonds is 6. The van der Waals surface area contributed by atoms with Gasteiger partial charge >= 0.3 is 6.18 Å². The summed E-state index contributed by atoms with van der Waals surface area (Å²) in [6, 6.07) is -0.526. The number of halogens is 3. The molecule has 0 aromatic carbocycles. The molecule has 2 N–H and O–H groups in total. The zero-order chi connectivity index (χ0) is 16.0. The number of piperidine rings is 1. The lowest BCUT2D eigenvalue weighted by Crippen LogP contribution is -2.54. The third kappa shape index (κ3) is 5.82. The van der Waals surface area contributed by atoms with Crippen molar-refractivity contribution in [2.24, 2.45) is 5.92 Å². The zero-order valence-corrected chi connectivity index (χ0v) is 13.0. The van der Waals surface area contributed by atoms with Crippen molar-refractivity contribution in [2.45, 2.75) is 51.9 Å². The summed E-state index contributed by atoms with van der Waals surface area (Å²) in [6.45, 7) is 8.41. The fourth-order valence-electron chi connectivity index (χ4n) is 2.62. The van der Waals surface area contributed by atoms with Gasteiger partial charge in [-0.3, -0.25) is 4.79 Å². The third-order valence-electron chi connectivity index (χ3n) is 4.01. The largest absolute Gasteiger partial charge is 0.393 e. The van der Waals surface area contributed by atoms with Crippen molar-refractivity contribution in [3.8, 4) is 0 Å². The Kier molecular flexibility index (Phi) is 6.93. The molecule has 7 heteroatoms. The fourth-order valence-corrected chi connectivity index (χ4v) is 2.62. The molecule has 1 amide bonds. The van der Waals surface area contributed by atoms with Crippen molar-refractivity contribution in [1.82, 2.24) is 15.5 Å². The second-order valence-electron chi connectivity index (χ2n) is 5.67. The summed E-state index contributed by atoms with van der Waals surface area (Å²) in [5, 5.41) is 5.59. The van der Waals surface area contributed by atoms with Crippen LogP contribution in [0, 0.1) is 5.92 Å². The molecule has 0 bridgehead atoms. The van der Waals surface area contributed by atoms with Gasteiger partial charge in [-0.1, -0.05) is 13.8 Å². The van der Waals surface area contributed by atoms with Crippen LogP contribution in [0.15, 0.2) is 0 Å². The monoisotopic (exact) mass is 309 g/mol. The van der Waals surface area contributed by atoms with Crippen LogP contribution in [0.5, 0.6) is 0 Å². The van der Waals surface area contributed by atoms with E-state index in [4.69, 9.17) is 0 Å². The normalized spacial score (nSPS) is 24.9. The predicted molar refractivity (Wildman–Crippen MR) is 76.0 cm³/mol. The van der Waals surface area contributed by atoms with Crippen LogP contribution in [0.2, 0.25) is 0 Å². The van der Waals surface area contributed by atoms with Crippen LogP contribution in [0.1, 0.15) is 33.6 Å². The van der Waals surface area contributed by atoms with E-state index in [0.29, 0.717) is 0 Å². The maximum atomic E-state index is 12.6. The van der Waals surface area contributed by atoms with E-state index in [0.717, 1.165) is 19.6 Å². The minimum absolute atomic E-state index is 0.0129. The van der Waals surface area contributed by atoms with Crippen molar-refractivity contribution in [3.05, 3.63) is 0 Å². The molecule has 1 aliphatic rings. The van der Waals surface area contributed by atoms with Gasteiger partial charge in [0, 0.05) is 19.1 Å². The first-order valence-electron chi connectivity index (χ1n) is 7.60. The number of amides is 1. The first kappa shape index (κ1) is 18.2. The van der Waals surface area contributed by atoms with Gasteiger partial charge in [0.25, 0.3) is 0 Å². The van der Waals surface area contributed by atoms with Crippen LogP contribution in [0.25, 0.3) is 0 Å². The minimum Gasteiger partial charge on any atom is -0.351 e. The Morgan fingerprint density at radius 2 is 1.95 bits per heavy atom. The molecule has 0 aromatic heterocycles. The zero-order valence-electron chi connectivity index (χ0n) is 13.0. The van der Waals surface area contributed by atoms with E-state index < -0.39 is 18.1 Å². The van der Waals surface area contributed by atoms with E-state index in [1.807, 2.05) is 6.92 Å². The summed E-state index contributed by atoms with van der Waals surface area (Å²) in [6.07, 6.45) is -3.93. The summed E-state index contributed by atoms with van der Waals surface area (Å²) in [5.74, 6) is -1.54. The molecule has 1 aliphatic heterocycles. The lowest BCUT2D eigenvalue weighted by Gasteiger charge is -2.31. The van der Waals surface area contributed by atoms with Gasteiger partial charge in [0.15, 0.2) is 0 Å². The number of nitrogens with one attached hydrogen (secondary N) is 2. The van der Waals surface area contributed by atoms with E-state index in [1.54, 1.807) is 0 Å². The van der Waals surface area contributed by atoms with Gasteiger partial charge in [-0.15, -0.1) is 0 Å². The summed E-state index contributed by atoms with van der Waals surface area (Å²) >= 11 is 0. The number of carbonyl (C=O) groups excluding carboxylic acids is 1. The molecule has 1 fully saturated rings. The predicted octanol–water partition coefficient (Wildman–Crippen LogP) is 1.76. The molecule has 4 nitrogen and oxygen atoms in total. The highest BCUT2D eigenvalue weighted by Gasteiger charge is 2.42. The van der Waals surface area contributed by atoms with E-state index in [2.05, 4.69) is 29.4 Å². The Hall–Kier alpha value is -0.820. The first-order valence-corrected chi connectivity index (χ1v) is 7.60. The Labute approximate surface area is 124 Å². The number of hydrogen-bond donors (Lipinski definition) is 2. The molecule has 0 spiro atoms. The molecular weight excluding hydrogens is 283 g/mol. The van der Waals surface area contributed by atoms with Gasteiger partial charge in [0.05, 0.1) is 12.0 Å². The Morgan fingerprint density at radius 3 is 2.38 bits per heavy atom. The Balaban J connectivity index is 2.37. The van der Waals surface area contributed by atoms with Crippen LogP contribution in [-0.2, 0) is 4.79 Å². The first-order chi connectivity index (χ1) is 9.77. The second-order valence-corrected chi connectivity index (χ2v) is 5.67. The SMILES string of the molecule is CCN(CC)CC(C)NC(=O)C1CCC(C(F)(F)F)CN1. The maximum absolute atomic E-state index is 12.6. The van der Waals surface area contributed by atoms with Gasteiger partial charge < -0.3 is 15.5 Å². The number of hydrogen-bond acceptors (Lipinski definition) is 3. The number of alkyl halides is 3. The van der Waals surface area contributed by atoms with Gasteiger partial charge in [0.1, 0.15) is 0 Å². The van der Waals surface area contributed by atoms with E-state index >= 15 is 0 Å². The topological polar surface area (TPSA) is 44.4 Å². The van der Waals surface area contributed by atoms with E-state index in [-0.39, 0.29) is 31.3 Å². The second kappa shape index (κ2) is 7.98. The van der Waals surface area contributed by atoms with Gasteiger partial charge in [0.2, 0.25) is 5.91 Å². The van der Waals surface area contributed by atoms with E-state index in [1.165, 1.54) is 0 Å². The number of likely N-dealkylation sites (N-methyl/N-ethyl adjacent to an activating group) is 1. The molecule has 21 heavy (non-hydrogen) atoms. The third-order valence-corrected chi connectivity index (χ3v) is 4.01. The number of carbonyl (C=O) groups is 1. The highest BCUT2D eigenvalue weighted by molar-refractivity contribution is 5.82. The van der Waals surface area contributed by atoms with Crippen molar-refractivity contribution in [3.63, 3.8) is 0 Å². The van der Waals surface area contributed by atoms with Crippen LogP contribution in [0.3, 0.4) is 0 Å². The molecule has 0 aromatic rings.